The first kappa shape index (κ1) is 22.3. The first-order valence-corrected chi connectivity index (χ1v) is 10.3. The smallest absolute Gasteiger partial charge is 0.240 e. The topological polar surface area (TPSA) is 106 Å². The van der Waals surface area contributed by atoms with Gasteiger partial charge in [0.15, 0.2) is 9.84 Å². The van der Waals surface area contributed by atoms with Gasteiger partial charge in [-0.2, -0.15) is 0 Å². The van der Waals surface area contributed by atoms with Crippen LogP contribution in [0.3, 0.4) is 0 Å². The number of benzene rings is 1. The van der Waals surface area contributed by atoms with E-state index in [-0.39, 0.29) is 40.5 Å². The van der Waals surface area contributed by atoms with Gasteiger partial charge in [0, 0.05) is 12.6 Å². The fourth-order valence-corrected chi connectivity index (χ4v) is 4.36. The number of sulfone groups is 1. The molecule has 3 N–H and O–H groups in total. The molecule has 0 bridgehead atoms. The van der Waals surface area contributed by atoms with Gasteiger partial charge in [0.2, 0.25) is 10.0 Å². The standard InChI is InChI=1S/C14H24N2O4S2.ClH/c1-4-21(17,18)13-6-5-7-14(9-13)22(19,20)16-12(10-15)8-11(2)3;/h5-7,9,11-12,16H,4,8,10,15H2,1-3H3;1H. The number of sulfonamides is 1. The van der Waals surface area contributed by atoms with Crippen molar-refractivity contribution in [2.45, 2.75) is 43.0 Å². The van der Waals surface area contributed by atoms with Gasteiger partial charge in [-0.15, -0.1) is 12.4 Å². The Labute approximate surface area is 145 Å². The molecule has 0 saturated heterocycles. The largest absolute Gasteiger partial charge is 0.329 e. The maximum absolute atomic E-state index is 12.4. The Morgan fingerprint density at radius 2 is 1.70 bits per heavy atom. The molecule has 6 nitrogen and oxygen atoms in total. The number of rotatable bonds is 8. The molecule has 0 aliphatic heterocycles. The predicted molar refractivity (Wildman–Crippen MR) is 94.0 cm³/mol. The molecule has 0 aromatic heterocycles. The minimum atomic E-state index is -3.80. The van der Waals surface area contributed by atoms with Crippen molar-refractivity contribution in [2.24, 2.45) is 11.7 Å². The van der Waals surface area contributed by atoms with Crippen molar-refractivity contribution in [1.29, 1.82) is 0 Å². The van der Waals surface area contributed by atoms with Gasteiger partial charge in [0.1, 0.15) is 0 Å². The van der Waals surface area contributed by atoms with Gasteiger partial charge in [0.05, 0.1) is 15.5 Å². The van der Waals surface area contributed by atoms with Crippen molar-refractivity contribution in [3.63, 3.8) is 0 Å². The maximum Gasteiger partial charge on any atom is 0.240 e. The number of nitrogens with two attached hydrogens (primary N) is 1. The van der Waals surface area contributed by atoms with E-state index < -0.39 is 19.9 Å². The maximum atomic E-state index is 12.4. The Kier molecular flexibility index (Phi) is 8.72. The van der Waals surface area contributed by atoms with Gasteiger partial charge in [-0.3, -0.25) is 0 Å². The fraction of sp³-hybridized carbons (Fsp3) is 0.571. The minimum absolute atomic E-state index is 0. The van der Waals surface area contributed by atoms with Gasteiger partial charge < -0.3 is 5.73 Å². The number of nitrogens with one attached hydrogen (secondary N) is 1. The van der Waals surface area contributed by atoms with Crippen molar-refractivity contribution in [3.05, 3.63) is 24.3 Å². The summed E-state index contributed by atoms with van der Waals surface area (Å²) in [4.78, 5) is -0.0599. The molecule has 9 heteroatoms. The molecule has 0 heterocycles. The first-order valence-electron chi connectivity index (χ1n) is 7.17. The van der Waals surface area contributed by atoms with Gasteiger partial charge in [0.25, 0.3) is 0 Å². The van der Waals surface area contributed by atoms with Crippen molar-refractivity contribution < 1.29 is 16.8 Å². The number of hydrogen-bond acceptors (Lipinski definition) is 5. The highest BCUT2D eigenvalue weighted by molar-refractivity contribution is 7.91. The van der Waals surface area contributed by atoms with Crippen LogP contribution in [-0.2, 0) is 19.9 Å². The van der Waals surface area contributed by atoms with E-state index in [2.05, 4.69) is 4.72 Å². The lowest BCUT2D eigenvalue weighted by atomic mass is 10.1. The van der Waals surface area contributed by atoms with E-state index in [4.69, 9.17) is 5.73 Å². The zero-order valence-electron chi connectivity index (χ0n) is 13.5. The van der Waals surface area contributed by atoms with Gasteiger partial charge in [-0.05, 0) is 30.5 Å². The molecule has 0 spiro atoms. The van der Waals surface area contributed by atoms with Crippen LogP contribution in [-0.4, -0.2) is 35.2 Å². The van der Waals surface area contributed by atoms with Crippen LogP contribution >= 0.6 is 12.4 Å². The van der Waals surface area contributed by atoms with E-state index in [0.29, 0.717) is 12.3 Å². The van der Waals surface area contributed by atoms with E-state index in [1.807, 2.05) is 13.8 Å². The van der Waals surface area contributed by atoms with Gasteiger partial charge in [-0.25, -0.2) is 21.6 Å². The quantitative estimate of drug-likeness (QED) is 0.707. The van der Waals surface area contributed by atoms with Crippen LogP contribution in [0, 0.1) is 5.92 Å². The molecule has 0 saturated carbocycles. The van der Waals surface area contributed by atoms with E-state index >= 15 is 0 Å². The molecule has 0 radical (unpaired) electrons. The normalized spacial score (nSPS) is 13.6. The molecule has 0 aliphatic carbocycles. The molecule has 0 fully saturated rings. The van der Waals surface area contributed by atoms with E-state index in [1.54, 1.807) is 0 Å². The highest BCUT2D eigenvalue weighted by atomic mass is 35.5. The van der Waals surface area contributed by atoms with Crippen LogP contribution in [0.25, 0.3) is 0 Å². The monoisotopic (exact) mass is 384 g/mol. The highest BCUT2D eigenvalue weighted by Crippen LogP contribution is 2.18. The summed E-state index contributed by atoms with van der Waals surface area (Å²) in [5.74, 6) is 0.214. The molecular weight excluding hydrogens is 360 g/mol. The highest BCUT2D eigenvalue weighted by Gasteiger charge is 2.22. The Bertz CT molecular complexity index is 703. The Morgan fingerprint density at radius 3 is 2.17 bits per heavy atom. The van der Waals surface area contributed by atoms with Gasteiger partial charge in [-0.1, -0.05) is 26.8 Å². The van der Waals surface area contributed by atoms with Crippen LogP contribution in [0.1, 0.15) is 27.2 Å². The summed E-state index contributed by atoms with van der Waals surface area (Å²) < 4.78 is 51.1. The summed E-state index contributed by atoms with van der Waals surface area (Å²) in [5, 5.41) is 0. The Morgan fingerprint density at radius 1 is 1.13 bits per heavy atom. The first-order chi connectivity index (χ1) is 10.1. The zero-order chi connectivity index (χ0) is 17.0. The van der Waals surface area contributed by atoms with Crippen molar-refractivity contribution in [2.75, 3.05) is 12.3 Å². The van der Waals surface area contributed by atoms with Crippen LogP contribution < -0.4 is 10.5 Å². The SMILES string of the molecule is CCS(=O)(=O)c1cccc(S(=O)(=O)NC(CN)CC(C)C)c1.Cl. The molecule has 1 rings (SSSR count). The van der Waals surface area contributed by atoms with Crippen molar-refractivity contribution in [1.82, 2.24) is 4.72 Å². The summed E-state index contributed by atoms with van der Waals surface area (Å²) in [6.07, 6.45) is 0.614. The third-order valence-corrected chi connectivity index (χ3v) is 6.47. The van der Waals surface area contributed by atoms with Crippen LogP contribution in [0.4, 0.5) is 0 Å². The fourth-order valence-electron chi connectivity index (χ4n) is 2.05. The summed E-state index contributed by atoms with van der Waals surface area (Å²) in [6.45, 7) is 5.66. The molecule has 134 valence electrons. The average Bonchev–Trinajstić information content (AvgIpc) is 2.46. The molecular formula is C14H25ClN2O4S2. The second-order valence-corrected chi connectivity index (χ2v) is 9.55. The third-order valence-electron chi connectivity index (χ3n) is 3.22. The van der Waals surface area contributed by atoms with E-state index in [1.165, 1.54) is 31.2 Å². The summed E-state index contributed by atoms with van der Waals surface area (Å²) in [7, 11) is -7.25. The molecule has 1 aromatic rings. The third kappa shape index (κ3) is 6.39. The molecule has 1 atom stereocenters. The van der Waals surface area contributed by atoms with E-state index in [9.17, 15) is 16.8 Å². The molecule has 0 amide bonds. The van der Waals surface area contributed by atoms with Crippen LogP contribution in [0.5, 0.6) is 0 Å². The second kappa shape index (κ2) is 8.98. The number of hydrogen-bond donors (Lipinski definition) is 2. The van der Waals surface area contributed by atoms with Crippen molar-refractivity contribution >= 4 is 32.3 Å². The Hall–Kier alpha value is -0.670. The summed E-state index contributed by atoms with van der Waals surface area (Å²) in [5.41, 5.74) is 5.60. The minimum Gasteiger partial charge on any atom is -0.329 e. The number of halogens is 1. The van der Waals surface area contributed by atoms with Crippen molar-refractivity contribution in [3.8, 4) is 0 Å². The van der Waals surface area contributed by atoms with Crippen LogP contribution in [0.15, 0.2) is 34.1 Å². The summed E-state index contributed by atoms with van der Waals surface area (Å²) >= 11 is 0. The van der Waals surface area contributed by atoms with Crippen LogP contribution in [0.2, 0.25) is 0 Å². The molecule has 23 heavy (non-hydrogen) atoms. The lowest BCUT2D eigenvalue weighted by Gasteiger charge is -2.19. The predicted octanol–water partition coefficient (Wildman–Crippen LogP) is 1.55. The molecule has 1 aromatic carbocycles. The summed E-state index contributed by atoms with van der Waals surface area (Å²) in [6, 6.07) is 5.00. The Balaban J connectivity index is 0.00000484. The molecule has 1 unspecified atom stereocenters. The molecule has 0 aliphatic rings. The van der Waals surface area contributed by atoms with Gasteiger partial charge >= 0.3 is 0 Å². The average molecular weight is 385 g/mol. The zero-order valence-corrected chi connectivity index (χ0v) is 16.0. The second-order valence-electron chi connectivity index (χ2n) is 5.56. The van der Waals surface area contributed by atoms with E-state index in [0.717, 1.165) is 0 Å². The lowest BCUT2D eigenvalue weighted by molar-refractivity contribution is 0.465. The lowest BCUT2D eigenvalue weighted by Crippen LogP contribution is -2.41.